The lowest BCUT2D eigenvalue weighted by Crippen LogP contribution is -2.50. The number of methoxy groups -OCH3 is 1. The monoisotopic (exact) mass is 417 g/mol. The fourth-order valence-electron chi connectivity index (χ4n) is 2.97. The van der Waals surface area contributed by atoms with E-state index in [1.54, 1.807) is 24.3 Å². The lowest BCUT2D eigenvalue weighted by Gasteiger charge is -2.35. The molecule has 0 N–H and O–H groups in total. The van der Waals surface area contributed by atoms with Crippen molar-refractivity contribution in [1.82, 2.24) is 19.7 Å². The number of aromatic nitrogens is 3. The summed E-state index contributed by atoms with van der Waals surface area (Å²) in [4.78, 5) is 20.4. The maximum Gasteiger partial charge on any atom is 0.436 e. The summed E-state index contributed by atoms with van der Waals surface area (Å²) in [6.45, 7) is 3.08. The first kappa shape index (κ1) is 20.2. The molecule has 0 radical (unpaired) electrons. The number of amides is 1. The number of carbonyl (C=O) groups excluding carboxylic acids is 1. The maximum absolute atomic E-state index is 12.9. The van der Waals surface area contributed by atoms with E-state index in [-0.39, 0.29) is 18.1 Å². The van der Waals surface area contributed by atoms with E-state index in [2.05, 4.69) is 10.1 Å². The molecule has 2 aromatic heterocycles. The molecule has 3 rings (SSSR count). The summed E-state index contributed by atoms with van der Waals surface area (Å²) in [5.74, 6) is 1.13. The van der Waals surface area contributed by atoms with E-state index >= 15 is 0 Å². The van der Waals surface area contributed by atoms with E-state index in [1.165, 1.54) is 6.92 Å². The number of halogens is 4. The minimum absolute atomic E-state index is 0.113. The van der Waals surface area contributed by atoms with Gasteiger partial charge in [-0.05, 0) is 13.0 Å². The molecular formula is C17H19ClF3N5O2. The zero-order chi connectivity index (χ0) is 20.5. The number of ether oxygens (including phenoxy) is 1. The van der Waals surface area contributed by atoms with Crippen molar-refractivity contribution in [2.75, 3.05) is 38.2 Å². The molecule has 0 unspecified atom stereocenters. The Morgan fingerprint density at radius 1 is 1.29 bits per heavy atom. The van der Waals surface area contributed by atoms with E-state index in [1.807, 2.05) is 11.0 Å². The number of rotatable bonds is 4. The van der Waals surface area contributed by atoms with Gasteiger partial charge in [-0.1, -0.05) is 11.6 Å². The molecule has 0 spiro atoms. The highest BCUT2D eigenvalue weighted by Gasteiger charge is 2.38. The average molecular weight is 418 g/mol. The Morgan fingerprint density at radius 3 is 2.54 bits per heavy atom. The van der Waals surface area contributed by atoms with Gasteiger partial charge in [0, 0.05) is 38.4 Å². The van der Waals surface area contributed by atoms with Crippen molar-refractivity contribution in [3.63, 3.8) is 0 Å². The molecule has 11 heteroatoms. The summed E-state index contributed by atoms with van der Waals surface area (Å²) in [6.07, 6.45) is -3.01. The summed E-state index contributed by atoms with van der Waals surface area (Å²) in [7, 11) is 1.57. The second-order valence-corrected chi connectivity index (χ2v) is 6.70. The van der Waals surface area contributed by atoms with Gasteiger partial charge in [0.2, 0.25) is 5.91 Å². The Kier molecular flexibility index (Phi) is 5.69. The van der Waals surface area contributed by atoms with Gasteiger partial charge in [-0.3, -0.25) is 9.48 Å². The van der Waals surface area contributed by atoms with E-state index in [0.29, 0.717) is 31.9 Å². The highest BCUT2D eigenvalue weighted by atomic mass is 35.5. The highest BCUT2D eigenvalue weighted by Crippen LogP contribution is 2.35. The van der Waals surface area contributed by atoms with Crippen LogP contribution in [0.2, 0.25) is 5.02 Å². The van der Waals surface area contributed by atoms with Gasteiger partial charge in [0.15, 0.2) is 5.69 Å². The van der Waals surface area contributed by atoms with E-state index in [4.69, 9.17) is 16.3 Å². The summed E-state index contributed by atoms with van der Waals surface area (Å²) < 4.78 is 44.9. The smallest absolute Gasteiger partial charge is 0.436 e. The molecule has 3 heterocycles. The molecule has 1 fully saturated rings. The minimum atomic E-state index is -4.66. The van der Waals surface area contributed by atoms with Gasteiger partial charge in [0.05, 0.1) is 17.8 Å². The largest absolute Gasteiger partial charge is 0.497 e. The first-order valence-electron chi connectivity index (χ1n) is 8.53. The fraction of sp³-hybridized carbons (Fsp3) is 0.471. The second-order valence-electron chi connectivity index (χ2n) is 6.33. The second kappa shape index (κ2) is 7.86. The third-order valence-corrected chi connectivity index (χ3v) is 5.05. The van der Waals surface area contributed by atoms with Gasteiger partial charge in [-0.2, -0.15) is 18.3 Å². The first-order valence-corrected chi connectivity index (χ1v) is 8.91. The molecular weight excluding hydrogens is 399 g/mol. The standard InChI is InChI=1S/C17H19ClF3N5O2/c1-11-15(18)16(17(19,20)21)23-26(11)10-14(27)25-7-5-24(6-8-25)13-9-12(28-2)3-4-22-13/h3-4,9H,5-8,10H2,1-2H3. The quantitative estimate of drug-likeness (QED) is 0.765. The number of anilines is 1. The minimum Gasteiger partial charge on any atom is -0.497 e. The number of carbonyl (C=O) groups is 1. The number of piperazine rings is 1. The molecule has 7 nitrogen and oxygen atoms in total. The highest BCUT2D eigenvalue weighted by molar-refractivity contribution is 6.32. The zero-order valence-electron chi connectivity index (χ0n) is 15.3. The molecule has 0 bridgehead atoms. The molecule has 0 aliphatic carbocycles. The van der Waals surface area contributed by atoms with Gasteiger partial charge >= 0.3 is 6.18 Å². The summed E-state index contributed by atoms with van der Waals surface area (Å²) in [6, 6.07) is 3.56. The molecule has 0 saturated carbocycles. The van der Waals surface area contributed by atoms with Crippen LogP contribution < -0.4 is 9.64 Å². The Balaban J connectivity index is 1.63. The molecule has 28 heavy (non-hydrogen) atoms. The van der Waals surface area contributed by atoms with Crippen LogP contribution >= 0.6 is 11.6 Å². The van der Waals surface area contributed by atoms with Gasteiger partial charge in [0.1, 0.15) is 18.1 Å². The Labute approximate surface area is 164 Å². The van der Waals surface area contributed by atoms with Crippen molar-refractivity contribution >= 4 is 23.3 Å². The van der Waals surface area contributed by atoms with Crippen LogP contribution in [0.15, 0.2) is 18.3 Å². The normalized spacial score (nSPS) is 15.1. The van der Waals surface area contributed by atoms with E-state index < -0.39 is 16.9 Å². The molecule has 0 aromatic carbocycles. The van der Waals surface area contributed by atoms with Crippen molar-refractivity contribution in [2.24, 2.45) is 0 Å². The van der Waals surface area contributed by atoms with Crippen LogP contribution in [-0.2, 0) is 17.5 Å². The number of alkyl halides is 3. The molecule has 1 aliphatic rings. The third kappa shape index (κ3) is 4.16. The predicted molar refractivity (Wildman–Crippen MR) is 96.6 cm³/mol. The molecule has 1 amide bonds. The van der Waals surface area contributed by atoms with Crippen molar-refractivity contribution < 1.29 is 22.7 Å². The molecule has 0 atom stereocenters. The summed E-state index contributed by atoms with van der Waals surface area (Å²) >= 11 is 5.73. The lowest BCUT2D eigenvalue weighted by atomic mass is 10.3. The Bertz CT molecular complexity index is 863. The van der Waals surface area contributed by atoms with Crippen molar-refractivity contribution in [3.05, 3.63) is 34.7 Å². The first-order chi connectivity index (χ1) is 13.2. The van der Waals surface area contributed by atoms with Crippen LogP contribution in [0.4, 0.5) is 19.0 Å². The lowest BCUT2D eigenvalue weighted by molar-refractivity contribution is -0.142. The number of hydrogen-bond acceptors (Lipinski definition) is 5. The van der Waals surface area contributed by atoms with Crippen LogP contribution in [0.3, 0.4) is 0 Å². The van der Waals surface area contributed by atoms with Crippen molar-refractivity contribution in [2.45, 2.75) is 19.6 Å². The molecule has 152 valence electrons. The Hall–Kier alpha value is -2.49. The van der Waals surface area contributed by atoms with Gasteiger partial charge in [-0.15, -0.1) is 0 Å². The van der Waals surface area contributed by atoms with Gasteiger partial charge in [-0.25, -0.2) is 4.98 Å². The van der Waals surface area contributed by atoms with Gasteiger partial charge in [0.25, 0.3) is 0 Å². The summed E-state index contributed by atoms with van der Waals surface area (Å²) in [5.41, 5.74) is -1.06. The number of nitrogens with zero attached hydrogens (tertiary/aromatic N) is 5. The zero-order valence-corrected chi connectivity index (χ0v) is 16.1. The van der Waals surface area contributed by atoms with Gasteiger partial charge < -0.3 is 14.5 Å². The fourth-order valence-corrected chi connectivity index (χ4v) is 3.21. The average Bonchev–Trinajstić information content (AvgIpc) is 2.97. The maximum atomic E-state index is 12.9. The van der Waals surface area contributed by atoms with Crippen LogP contribution in [0.25, 0.3) is 0 Å². The van der Waals surface area contributed by atoms with Crippen molar-refractivity contribution in [1.29, 1.82) is 0 Å². The van der Waals surface area contributed by atoms with Crippen LogP contribution in [0.5, 0.6) is 5.75 Å². The van der Waals surface area contributed by atoms with E-state index in [9.17, 15) is 18.0 Å². The Morgan fingerprint density at radius 2 is 1.96 bits per heavy atom. The number of hydrogen-bond donors (Lipinski definition) is 0. The third-order valence-electron chi connectivity index (χ3n) is 4.60. The van der Waals surface area contributed by atoms with Crippen LogP contribution in [0, 0.1) is 6.92 Å². The van der Waals surface area contributed by atoms with Crippen molar-refractivity contribution in [3.8, 4) is 5.75 Å². The number of pyridine rings is 1. The molecule has 1 aliphatic heterocycles. The van der Waals surface area contributed by atoms with Crippen LogP contribution in [-0.4, -0.2) is 58.9 Å². The topological polar surface area (TPSA) is 63.5 Å². The SMILES string of the molecule is COc1ccnc(N2CCN(C(=O)Cn3nc(C(F)(F)F)c(Cl)c3C)CC2)c1. The molecule has 2 aromatic rings. The predicted octanol–water partition coefficient (Wildman–Crippen LogP) is 2.62. The van der Waals surface area contributed by atoms with Crippen LogP contribution in [0.1, 0.15) is 11.4 Å². The summed E-state index contributed by atoms with van der Waals surface area (Å²) in [5, 5.41) is 3.00. The van der Waals surface area contributed by atoms with E-state index in [0.717, 1.165) is 10.5 Å². The molecule has 1 saturated heterocycles.